The summed E-state index contributed by atoms with van der Waals surface area (Å²) in [5.41, 5.74) is 1.12. The number of hydrogen-bond acceptors (Lipinski definition) is 1. The van der Waals surface area contributed by atoms with E-state index in [2.05, 4.69) is 30.6 Å². The average Bonchev–Trinajstić information content (AvgIpc) is 2.14. The molecule has 3 heteroatoms. The molecule has 1 rings (SSSR count). The van der Waals surface area contributed by atoms with Crippen LogP contribution in [0.15, 0.2) is 12.2 Å². The summed E-state index contributed by atoms with van der Waals surface area (Å²) in [5, 5.41) is 4.16. The molecule has 0 unspecified atom stereocenters. The molecule has 0 spiro atoms. The Hall–Kier alpha value is -0.570. The minimum absolute atomic E-state index is 0.568. The van der Waals surface area contributed by atoms with Crippen LogP contribution in [-0.2, 0) is 0 Å². The maximum atomic E-state index is 5.42. The fourth-order valence-electron chi connectivity index (χ4n) is 2.14. The number of nitrogens with zero attached hydrogens (tertiary/aromatic N) is 1. The van der Waals surface area contributed by atoms with Crippen molar-refractivity contribution in [3.8, 4) is 0 Å². The number of nitrogens with one attached hydrogen (secondary N) is 1. The van der Waals surface area contributed by atoms with Gasteiger partial charge in [0.1, 0.15) is 0 Å². The first-order chi connectivity index (χ1) is 7.02. The lowest BCUT2D eigenvalue weighted by Crippen LogP contribution is -2.51. The van der Waals surface area contributed by atoms with Crippen molar-refractivity contribution in [1.29, 1.82) is 0 Å². The molecule has 0 saturated carbocycles. The molecule has 0 amide bonds. The Bertz CT molecular complexity index is 240. The summed E-state index contributed by atoms with van der Waals surface area (Å²) >= 11 is 5.42. The summed E-state index contributed by atoms with van der Waals surface area (Å²) in [4.78, 5) is 2.34. The lowest BCUT2D eigenvalue weighted by molar-refractivity contribution is 0.189. The first kappa shape index (κ1) is 12.5. The smallest absolute Gasteiger partial charge is 0.169 e. The van der Waals surface area contributed by atoms with Crippen molar-refractivity contribution in [2.24, 2.45) is 0 Å². The first-order valence-corrected chi connectivity index (χ1v) is 6.13. The van der Waals surface area contributed by atoms with E-state index in [0.29, 0.717) is 12.1 Å². The SMILES string of the molecule is C=C(C)CNC(=S)N1[C@H](C)CCC[C@H]1C. The van der Waals surface area contributed by atoms with Gasteiger partial charge in [-0.05, 0) is 52.3 Å². The van der Waals surface area contributed by atoms with Gasteiger partial charge in [-0.2, -0.15) is 0 Å². The second kappa shape index (κ2) is 5.50. The minimum Gasteiger partial charge on any atom is -0.359 e. The summed E-state index contributed by atoms with van der Waals surface area (Å²) < 4.78 is 0. The van der Waals surface area contributed by atoms with Crippen LogP contribution in [0, 0.1) is 0 Å². The Kier molecular flexibility index (Phi) is 4.58. The van der Waals surface area contributed by atoms with Crippen LogP contribution in [0.2, 0.25) is 0 Å². The Morgan fingerprint density at radius 3 is 2.40 bits per heavy atom. The molecule has 86 valence electrons. The second-order valence-electron chi connectivity index (χ2n) is 4.65. The van der Waals surface area contributed by atoms with Gasteiger partial charge in [0.15, 0.2) is 5.11 Å². The molecule has 1 aliphatic rings. The van der Waals surface area contributed by atoms with E-state index >= 15 is 0 Å². The third kappa shape index (κ3) is 3.49. The fourth-order valence-corrected chi connectivity index (χ4v) is 2.57. The van der Waals surface area contributed by atoms with Crippen LogP contribution in [0.4, 0.5) is 0 Å². The van der Waals surface area contributed by atoms with E-state index in [4.69, 9.17) is 12.2 Å². The van der Waals surface area contributed by atoms with Gasteiger partial charge in [0.2, 0.25) is 0 Å². The molecular formula is C12H22N2S. The van der Waals surface area contributed by atoms with E-state index in [9.17, 15) is 0 Å². The maximum absolute atomic E-state index is 5.42. The highest BCUT2D eigenvalue weighted by Gasteiger charge is 2.26. The van der Waals surface area contributed by atoms with Gasteiger partial charge in [-0.15, -0.1) is 0 Å². The quantitative estimate of drug-likeness (QED) is 0.576. The Morgan fingerprint density at radius 1 is 1.40 bits per heavy atom. The fraction of sp³-hybridized carbons (Fsp3) is 0.750. The van der Waals surface area contributed by atoms with Crippen LogP contribution >= 0.6 is 12.2 Å². The van der Waals surface area contributed by atoms with E-state index in [0.717, 1.165) is 17.2 Å². The van der Waals surface area contributed by atoms with Gasteiger partial charge in [-0.1, -0.05) is 12.2 Å². The predicted octanol–water partition coefficient (Wildman–Crippen LogP) is 2.70. The van der Waals surface area contributed by atoms with Crippen molar-refractivity contribution >= 4 is 17.3 Å². The van der Waals surface area contributed by atoms with E-state index in [-0.39, 0.29) is 0 Å². The molecule has 15 heavy (non-hydrogen) atoms. The van der Waals surface area contributed by atoms with Crippen molar-refractivity contribution in [1.82, 2.24) is 10.2 Å². The molecule has 1 aliphatic heterocycles. The van der Waals surface area contributed by atoms with Gasteiger partial charge < -0.3 is 10.2 Å². The number of piperidine rings is 1. The summed E-state index contributed by atoms with van der Waals surface area (Å²) in [5.74, 6) is 0. The molecule has 1 heterocycles. The van der Waals surface area contributed by atoms with Crippen LogP contribution in [0.1, 0.15) is 40.0 Å². The zero-order valence-corrected chi connectivity index (χ0v) is 10.9. The predicted molar refractivity (Wildman–Crippen MR) is 70.0 cm³/mol. The van der Waals surface area contributed by atoms with Crippen LogP contribution in [0.5, 0.6) is 0 Å². The molecule has 2 nitrogen and oxygen atoms in total. The number of thiocarbonyl (C=S) groups is 1. The minimum atomic E-state index is 0.568. The highest BCUT2D eigenvalue weighted by Crippen LogP contribution is 2.22. The van der Waals surface area contributed by atoms with Crippen molar-refractivity contribution in [3.63, 3.8) is 0 Å². The summed E-state index contributed by atoms with van der Waals surface area (Å²) in [6.07, 6.45) is 3.82. The monoisotopic (exact) mass is 226 g/mol. The normalized spacial score (nSPS) is 26.2. The first-order valence-electron chi connectivity index (χ1n) is 5.73. The van der Waals surface area contributed by atoms with Gasteiger partial charge in [0, 0.05) is 18.6 Å². The second-order valence-corrected chi connectivity index (χ2v) is 5.04. The van der Waals surface area contributed by atoms with E-state index in [1.807, 2.05) is 6.92 Å². The molecule has 0 aromatic carbocycles. The van der Waals surface area contributed by atoms with Gasteiger partial charge in [-0.3, -0.25) is 0 Å². The van der Waals surface area contributed by atoms with Gasteiger partial charge in [0.05, 0.1) is 0 Å². The van der Waals surface area contributed by atoms with Gasteiger partial charge in [0.25, 0.3) is 0 Å². The lowest BCUT2D eigenvalue weighted by atomic mass is 9.98. The molecule has 1 N–H and O–H groups in total. The van der Waals surface area contributed by atoms with E-state index in [1.165, 1.54) is 19.3 Å². The van der Waals surface area contributed by atoms with E-state index < -0.39 is 0 Å². The van der Waals surface area contributed by atoms with Crippen molar-refractivity contribution in [2.75, 3.05) is 6.54 Å². The van der Waals surface area contributed by atoms with Gasteiger partial charge in [-0.25, -0.2) is 0 Å². The maximum Gasteiger partial charge on any atom is 0.169 e. The standard InChI is InChI=1S/C12H22N2S/c1-9(2)8-13-12(15)14-10(3)6-5-7-11(14)4/h10-11H,1,5-8H2,2-4H3,(H,13,15)/t10-,11-/m1/s1. The van der Waals surface area contributed by atoms with Crippen LogP contribution < -0.4 is 5.32 Å². The zero-order chi connectivity index (χ0) is 11.4. The lowest BCUT2D eigenvalue weighted by Gasteiger charge is -2.41. The number of rotatable bonds is 2. The molecule has 0 radical (unpaired) electrons. The summed E-state index contributed by atoms with van der Waals surface area (Å²) in [6, 6.07) is 1.14. The molecule has 1 saturated heterocycles. The van der Waals surface area contributed by atoms with Gasteiger partial charge >= 0.3 is 0 Å². The average molecular weight is 226 g/mol. The van der Waals surface area contributed by atoms with Crippen molar-refractivity contribution in [2.45, 2.75) is 52.1 Å². The molecule has 0 bridgehead atoms. The topological polar surface area (TPSA) is 15.3 Å². The summed E-state index contributed by atoms with van der Waals surface area (Å²) in [7, 11) is 0. The Balaban J connectivity index is 2.51. The molecule has 0 aliphatic carbocycles. The zero-order valence-electron chi connectivity index (χ0n) is 10.0. The van der Waals surface area contributed by atoms with Crippen molar-refractivity contribution < 1.29 is 0 Å². The number of hydrogen-bond donors (Lipinski definition) is 1. The van der Waals surface area contributed by atoms with Crippen molar-refractivity contribution in [3.05, 3.63) is 12.2 Å². The molecule has 2 atom stereocenters. The summed E-state index contributed by atoms with van der Waals surface area (Å²) in [6.45, 7) is 11.2. The highest BCUT2D eigenvalue weighted by molar-refractivity contribution is 7.80. The van der Waals surface area contributed by atoms with Crippen LogP contribution in [0.3, 0.4) is 0 Å². The molecule has 1 fully saturated rings. The molecule has 0 aromatic heterocycles. The Labute approximate surface area is 98.7 Å². The highest BCUT2D eigenvalue weighted by atomic mass is 32.1. The van der Waals surface area contributed by atoms with Crippen LogP contribution in [-0.4, -0.2) is 28.6 Å². The molecule has 0 aromatic rings. The Morgan fingerprint density at radius 2 is 1.93 bits per heavy atom. The van der Waals surface area contributed by atoms with Crippen LogP contribution in [0.25, 0.3) is 0 Å². The third-order valence-corrected chi connectivity index (χ3v) is 3.32. The molecular weight excluding hydrogens is 204 g/mol. The third-order valence-electron chi connectivity index (χ3n) is 2.97. The number of likely N-dealkylation sites (tertiary alicyclic amines) is 1. The van der Waals surface area contributed by atoms with E-state index in [1.54, 1.807) is 0 Å². The largest absolute Gasteiger partial charge is 0.359 e.